The number of carbonyl (C=O) groups is 1. The molecule has 1 saturated heterocycles. The zero-order valence-corrected chi connectivity index (χ0v) is 12.6. The van der Waals surface area contributed by atoms with Crippen molar-refractivity contribution in [3.63, 3.8) is 0 Å². The van der Waals surface area contributed by atoms with Crippen LogP contribution in [0.2, 0.25) is 0 Å². The summed E-state index contributed by atoms with van der Waals surface area (Å²) in [5.74, 6) is 0.818. The highest BCUT2D eigenvalue weighted by Crippen LogP contribution is 2.19. The van der Waals surface area contributed by atoms with E-state index in [1.807, 2.05) is 26.0 Å². The Kier molecular flexibility index (Phi) is 5.20. The van der Waals surface area contributed by atoms with E-state index in [1.54, 1.807) is 17.0 Å². The molecule has 0 saturated carbocycles. The molecule has 114 valence electrons. The molecule has 0 radical (unpaired) electrons. The normalized spacial score (nSPS) is 20.6. The van der Waals surface area contributed by atoms with E-state index in [1.165, 1.54) is 0 Å². The topological polar surface area (TPSA) is 62.1 Å². The van der Waals surface area contributed by atoms with Crippen LogP contribution in [0, 0.1) is 5.92 Å². The van der Waals surface area contributed by atoms with Crippen LogP contribution in [0.25, 0.3) is 0 Å². The van der Waals surface area contributed by atoms with E-state index in [-0.39, 0.29) is 11.8 Å². The molecule has 1 atom stereocenters. The third-order valence-electron chi connectivity index (χ3n) is 3.67. The standard InChI is InChI=1S/C16H22N2O3/c1-3-9-21-14-6-4-5-13(10-14)16(19)18-8-7-15(17-20)12(2)11-18/h4-6,10,12,20H,3,7-9,11H2,1-2H3/b17-15-. The summed E-state index contributed by atoms with van der Waals surface area (Å²) >= 11 is 0. The Morgan fingerprint density at radius 3 is 3.00 bits per heavy atom. The summed E-state index contributed by atoms with van der Waals surface area (Å²) in [4.78, 5) is 14.3. The maximum absolute atomic E-state index is 12.5. The van der Waals surface area contributed by atoms with E-state index < -0.39 is 0 Å². The first-order valence-electron chi connectivity index (χ1n) is 7.38. The number of hydrogen-bond donors (Lipinski definition) is 1. The second-order valence-corrected chi connectivity index (χ2v) is 5.37. The number of ether oxygens (including phenoxy) is 1. The van der Waals surface area contributed by atoms with E-state index in [2.05, 4.69) is 5.16 Å². The lowest BCUT2D eigenvalue weighted by Gasteiger charge is -2.31. The third-order valence-corrected chi connectivity index (χ3v) is 3.67. The maximum Gasteiger partial charge on any atom is 0.254 e. The highest BCUT2D eigenvalue weighted by molar-refractivity contribution is 5.96. The van der Waals surface area contributed by atoms with Gasteiger partial charge in [-0.05, 0) is 24.6 Å². The van der Waals surface area contributed by atoms with Crippen molar-refractivity contribution in [2.75, 3.05) is 19.7 Å². The van der Waals surface area contributed by atoms with Gasteiger partial charge < -0.3 is 14.8 Å². The second kappa shape index (κ2) is 7.11. The van der Waals surface area contributed by atoms with Crippen molar-refractivity contribution in [3.05, 3.63) is 29.8 Å². The number of benzene rings is 1. The van der Waals surface area contributed by atoms with Crippen LogP contribution in [0.5, 0.6) is 5.75 Å². The molecule has 21 heavy (non-hydrogen) atoms. The molecule has 5 heteroatoms. The Bertz CT molecular complexity index is 528. The average molecular weight is 290 g/mol. The Hall–Kier alpha value is -2.04. The van der Waals surface area contributed by atoms with Gasteiger partial charge in [-0.25, -0.2) is 0 Å². The molecule has 0 bridgehead atoms. The molecule has 5 nitrogen and oxygen atoms in total. The first kappa shape index (κ1) is 15.4. The highest BCUT2D eigenvalue weighted by Gasteiger charge is 2.26. The molecule has 1 aromatic rings. The fourth-order valence-corrected chi connectivity index (χ4v) is 2.48. The minimum atomic E-state index is 0.000730. The molecule has 1 amide bonds. The van der Waals surface area contributed by atoms with Crippen LogP contribution in [0.4, 0.5) is 0 Å². The van der Waals surface area contributed by atoms with Crippen molar-refractivity contribution < 1.29 is 14.7 Å². The number of hydrogen-bond acceptors (Lipinski definition) is 4. The first-order chi connectivity index (χ1) is 10.2. The van der Waals surface area contributed by atoms with E-state index in [0.717, 1.165) is 17.9 Å². The summed E-state index contributed by atoms with van der Waals surface area (Å²) in [7, 11) is 0. The molecule has 2 rings (SSSR count). The summed E-state index contributed by atoms with van der Waals surface area (Å²) in [5.41, 5.74) is 1.40. The predicted octanol–water partition coefficient (Wildman–Crippen LogP) is 2.79. The van der Waals surface area contributed by atoms with Crippen LogP contribution in [0.1, 0.15) is 37.0 Å². The third kappa shape index (κ3) is 3.74. The first-order valence-corrected chi connectivity index (χ1v) is 7.38. The van der Waals surface area contributed by atoms with Gasteiger partial charge in [-0.2, -0.15) is 0 Å². The smallest absolute Gasteiger partial charge is 0.254 e. The number of piperidine rings is 1. The Balaban J connectivity index is 2.06. The van der Waals surface area contributed by atoms with Crippen LogP contribution in [0.3, 0.4) is 0 Å². The predicted molar refractivity (Wildman–Crippen MR) is 81.1 cm³/mol. The van der Waals surface area contributed by atoms with Gasteiger partial charge in [0, 0.05) is 31.0 Å². The molecule has 1 heterocycles. The number of carbonyl (C=O) groups excluding carboxylic acids is 1. The lowest BCUT2D eigenvalue weighted by Crippen LogP contribution is -2.43. The fraction of sp³-hybridized carbons (Fsp3) is 0.500. The van der Waals surface area contributed by atoms with E-state index in [9.17, 15) is 4.79 Å². The van der Waals surface area contributed by atoms with Gasteiger partial charge in [0.15, 0.2) is 0 Å². The second-order valence-electron chi connectivity index (χ2n) is 5.37. The fourth-order valence-electron chi connectivity index (χ4n) is 2.48. The molecule has 0 aromatic heterocycles. The molecule has 1 fully saturated rings. The molecule has 1 aromatic carbocycles. The number of oxime groups is 1. The minimum Gasteiger partial charge on any atom is -0.494 e. The molecule has 1 aliphatic heterocycles. The van der Waals surface area contributed by atoms with Crippen molar-refractivity contribution in [3.8, 4) is 5.75 Å². The molecular formula is C16H22N2O3. The largest absolute Gasteiger partial charge is 0.494 e. The van der Waals surface area contributed by atoms with Gasteiger partial charge >= 0.3 is 0 Å². The van der Waals surface area contributed by atoms with Crippen molar-refractivity contribution >= 4 is 11.6 Å². The lowest BCUT2D eigenvalue weighted by atomic mass is 9.97. The summed E-state index contributed by atoms with van der Waals surface area (Å²) in [6.45, 7) is 5.83. The number of amides is 1. The van der Waals surface area contributed by atoms with Gasteiger partial charge in [0.1, 0.15) is 5.75 Å². The van der Waals surface area contributed by atoms with Gasteiger partial charge in [-0.3, -0.25) is 4.79 Å². The van der Waals surface area contributed by atoms with E-state index in [4.69, 9.17) is 9.94 Å². The van der Waals surface area contributed by atoms with Crippen molar-refractivity contribution in [2.45, 2.75) is 26.7 Å². The summed E-state index contributed by atoms with van der Waals surface area (Å²) in [6.07, 6.45) is 1.56. The molecule has 1 N–H and O–H groups in total. The summed E-state index contributed by atoms with van der Waals surface area (Å²) in [5, 5.41) is 12.2. The molecular weight excluding hydrogens is 268 g/mol. The number of rotatable bonds is 4. The molecule has 1 unspecified atom stereocenters. The van der Waals surface area contributed by atoms with Gasteiger partial charge in [-0.1, -0.05) is 25.1 Å². The monoisotopic (exact) mass is 290 g/mol. The maximum atomic E-state index is 12.5. The highest BCUT2D eigenvalue weighted by atomic mass is 16.5. The van der Waals surface area contributed by atoms with Gasteiger partial charge in [0.05, 0.1) is 12.3 Å². The van der Waals surface area contributed by atoms with E-state index >= 15 is 0 Å². The van der Waals surface area contributed by atoms with Crippen molar-refractivity contribution in [2.24, 2.45) is 11.1 Å². The van der Waals surface area contributed by atoms with Gasteiger partial charge in [0.25, 0.3) is 5.91 Å². The number of nitrogens with zero attached hydrogens (tertiary/aromatic N) is 2. The summed E-state index contributed by atoms with van der Waals surface area (Å²) < 4.78 is 5.57. The minimum absolute atomic E-state index is 0.000730. The molecule has 1 aliphatic rings. The Morgan fingerprint density at radius 1 is 1.52 bits per heavy atom. The van der Waals surface area contributed by atoms with Crippen LogP contribution in [0.15, 0.2) is 29.4 Å². The molecule has 0 aliphatic carbocycles. The van der Waals surface area contributed by atoms with Crippen molar-refractivity contribution in [1.29, 1.82) is 0 Å². The summed E-state index contributed by atoms with van der Waals surface area (Å²) in [6, 6.07) is 7.30. The van der Waals surface area contributed by atoms with E-state index in [0.29, 0.717) is 31.7 Å². The Morgan fingerprint density at radius 2 is 2.33 bits per heavy atom. The average Bonchev–Trinajstić information content (AvgIpc) is 2.52. The zero-order chi connectivity index (χ0) is 15.2. The van der Waals surface area contributed by atoms with Crippen LogP contribution in [-0.2, 0) is 0 Å². The quantitative estimate of drug-likeness (QED) is 0.685. The lowest BCUT2D eigenvalue weighted by molar-refractivity contribution is 0.0733. The van der Waals surface area contributed by atoms with Gasteiger partial charge in [-0.15, -0.1) is 0 Å². The zero-order valence-electron chi connectivity index (χ0n) is 12.6. The molecule has 0 spiro atoms. The SMILES string of the molecule is CCCOc1cccc(C(=O)N2CC/C(=N/O)C(C)C2)c1. The Labute approximate surface area is 125 Å². The van der Waals surface area contributed by atoms with Crippen LogP contribution >= 0.6 is 0 Å². The van der Waals surface area contributed by atoms with Crippen LogP contribution < -0.4 is 4.74 Å². The van der Waals surface area contributed by atoms with Crippen molar-refractivity contribution in [1.82, 2.24) is 4.90 Å². The van der Waals surface area contributed by atoms with Gasteiger partial charge in [0.2, 0.25) is 0 Å². The number of likely N-dealkylation sites (tertiary alicyclic amines) is 1. The van der Waals surface area contributed by atoms with Crippen LogP contribution in [-0.4, -0.2) is 41.4 Å².